The molecule has 0 unspecified atom stereocenters. The summed E-state index contributed by atoms with van der Waals surface area (Å²) in [6.45, 7) is 2.66. The number of nitrogens with zero attached hydrogens (tertiary/aromatic N) is 1. The van der Waals surface area contributed by atoms with E-state index in [9.17, 15) is 13.2 Å². The van der Waals surface area contributed by atoms with Gasteiger partial charge in [0.2, 0.25) is 0 Å². The van der Waals surface area contributed by atoms with Crippen LogP contribution >= 0.6 is 11.6 Å². The van der Waals surface area contributed by atoms with Gasteiger partial charge in [0.15, 0.2) is 0 Å². The van der Waals surface area contributed by atoms with Gasteiger partial charge in [-0.2, -0.15) is 0 Å². The zero-order valence-electron chi connectivity index (χ0n) is 14.5. The molecule has 0 saturated carbocycles. The third-order valence-corrected chi connectivity index (χ3v) is 5.71. The maximum atomic E-state index is 12.8. The van der Waals surface area contributed by atoms with E-state index in [0.717, 1.165) is 4.31 Å². The number of esters is 1. The summed E-state index contributed by atoms with van der Waals surface area (Å²) in [5, 5.41) is 0.118. The SMILES string of the molecule is CCOCCOC(=O)c1cc(S(=O)(=O)N(C)c2ccccc2)ccc1Cl. The van der Waals surface area contributed by atoms with Crippen molar-refractivity contribution in [2.24, 2.45) is 0 Å². The topological polar surface area (TPSA) is 72.9 Å². The molecule has 0 saturated heterocycles. The number of sulfonamides is 1. The smallest absolute Gasteiger partial charge is 0.339 e. The lowest BCUT2D eigenvalue weighted by Crippen LogP contribution is -2.26. The van der Waals surface area contributed by atoms with Crippen LogP contribution in [-0.4, -0.2) is 41.3 Å². The Bertz CT molecular complexity index is 855. The van der Waals surface area contributed by atoms with Crippen LogP contribution in [0.2, 0.25) is 5.02 Å². The second kappa shape index (κ2) is 9.02. The van der Waals surface area contributed by atoms with Crippen LogP contribution in [0.15, 0.2) is 53.4 Å². The van der Waals surface area contributed by atoms with E-state index in [1.54, 1.807) is 30.3 Å². The van der Waals surface area contributed by atoms with E-state index < -0.39 is 16.0 Å². The number of benzene rings is 2. The minimum atomic E-state index is -3.85. The lowest BCUT2D eigenvalue weighted by Gasteiger charge is -2.20. The van der Waals surface area contributed by atoms with Gasteiger partial charge in [-0.3, -0.25) is 4.31 Å². The molecule has 2 aromatic carbocycles. The summed E-state index contributed by atoms with van der Waals surface area (Å²) in [6.07, 6.45) is 0. The third-order valence-electron chi connectivity index (χ3n) is 3.60. The van der Waals surface area contributed by atoms with Gasteiger partial charge >= 0.3 is 5.97 Å². The lowest BCUT2D eigenvalue weighted by atomic mass is 10.2. The van der Waals surface area contributed by atoms with Crippen LogP contribution < -0.4 is 4.31 Å². The fourth-order valence-corrected chi connectivity index (χ4v) is 3.59. The molecule has 0 fully saturated rings. The van der Waals surface area contributed by atoms with Crippen molar-refractivity contribution in [3.63, 3.8) is 0 Å². The van der Waals surface area contributed by atoms with Crippen molar-refractivity contribution in [2.75, 3.05) is 31.2 Å². The average molecular weight is 398 g/mol. The Morgan fingerprint density at radius 1 is 1.12 bits per heavy atom. The van der Waals surface area contributed by atoms with Gasteiger partial charge in [-0.05, 0) is 37.3 Å². The van der Waals surface area contributed by atoms with Gasteiger partial charge < -0.3 is 9.47 Å². The number of halogens is 1. The van der Waals surface area contributed by atoms with Crippen LogP contribution in [0.4, 0.5) is 5.69 Å². The normalized spacial score (nSPS) is 11.2. The number of rotatable bonds is 8. The Labute approximate surface area is 158 Å². The molecule has 8 heteroatoms. The van der Waals surface area contributed by atoms with Crippen LogP contribution in [-0.2, 0) is 19.5 Å². The minimum absolute atomic E-state index is 0.00861. The predicted octanol–water partition coefficient (Wildman–Crippen LogP) is 3.36. The van der Waals surface area contributed by atoms with Crippen molar-refractivity contribution in [1.82, 2.24) is 0 Å². The highest BCUT2D eigenvalue weighted by Crippen LogP contribution is 2.26. The first-order valence-corrected chi connectivity index (χ1v) is 9.78. The predicted molar refractivity (Wildman–Crippen MR) is 100 cm³/mol. The molecule has 0 aliphatic carbocycles. The van der Waals surface area contributed by atoms with Gasteiger partial charge in [-0.1, -0.05) is 29.8 Å². The second-order valence-electron chi connectivity index (χ2n) is 5.28. The molecule has 0 aromatic heterocycles. The molecule has 2 rings (SSSR count). The van der Waals surface area contributed by atoms with E-state index in [0.29, 0.717) is 12.3 Å². The number of carbonyl (C=O) groups is 1. The highest BCUT2D eigenvalue weighted by Gasteiger charge is 2.24. The number of hydrogen-bond acceptors (Lipinski definition) is 5. The van der Waals surface area contributed by atoms with E-state index in [-0.39, 0.29) is 28.7 Å². The number of carbonyl (C=O) groups excluding carboxylic acids is 1. The van der Waals surface area contributed by atoms with Crippen molar-refractivity contribution in [1.29, 1.82) is 0 Å². The second-order valence-corrected chi connectivity index (χ2v) is 7.66. The quantitative estimate of drug-likeness (QED) is 0.504. The van der Waals surface area contributed by atoms with Gasteiger partial charge in [-0.25, -0.2) is 13.2 Å². The molecule has 0 amide bonds. The van der Waals surface area contributed by atoms with Crippen LogP contribution in [0.3, 0.4) is 0 Å². The highest BCUT2D eigenvalue weighted by atomic mass is 35.5. The number of ether oxygens (including phenoxy) is 2. The summed E-state index contributed by atoms with van der Waals surface area (Å²) in [6, 6.07) is 12.6. The summed E-state index contributed by atoms with van der Waals surface area (Å²) in [7, 11) is -2.41. The van der Waals surface area contributed by atoms with Crippen molar-refractivity contribution < 1.29 is 22.7 Å². The molecule has 2 aromatic rings. The molecule has 6 nitrogen and oxygen atoms in total. The molecule has 0 aliphatic rings. The first-order chi connectivity index (χ1) is 12.4. The largest absolute Gasteiger partial charge is 0.460 e. The Kier molecular flexibility index (Phi) is 7.02. The number of para-hydroxylation sites is 1. The fourth-order valence-electron chi connectivity index (χ4n) is 2.17. The zero-order chi connectivity index (χ0) is 19.2. The zero-order valence-corrected chi connectivity index (χ0v) is 16.1. The molecule has 0 bridgehead atoms. The summed E-state index contributed by atoms with van der Waals surface area (Å²) in [5.41, 5.74) is 0.494. The molecule has 0 N–H and O–H groups in total. The lowest BCUT2D eigenvalue weighted by molar-refractivity contribution is 0.0335. The highest BCUT2D eigenvalue weighted by molar-refractivity contribution is 7.92. The summed E-state index contributed by atoms with van der Waals surface area (Å²) in [4.78, 5) is 12.1. The van der Waals surface area contributed by atoms with Gasteiger partial charge in [0.25, 0.3) is 10.0 Å². The Morgan fingerprint density at radius 2 is 1.81 bits per heavy atom. The van der Waals surface area contributed by atoms with Crippen molar-refractivity contribution >= 4 is 33.3 Å². The molecule has 0 atom stereocenters. The van der Waals surface area contributed by atoms with Gasteiger partial charge in [-0.15, -0.1) is 0 Å². The Balaban J connectivity index is 2.26. The van der Waals surface area contributed by atoms with E-state index in [1.165, 1.54) is 25.2 Å². The monoisotopic (exact) mass is 397 g/mol. The summed E-state index contributed by atoms with van der Waals surface area (Å²) < 4.78 is 37.0. The number of anilines is 1. The maximum absolute atomic E-state index is 12.8. The Morgan fingerprint density at radius 3 is 2.46 bits per heavy atom. The molecular formula is C18H20ClNO5S. The van der Waals surface area contributed by atoms with Gasteiger partial charge in [0, 0.05) is 13.7 Å². The average Bonchev–Trinajstić information content (AvgIpc) is 2.65. The van der Waals surface area contributed by atoms with Crippen molar-refractivity contribution in [3.8, 4) is 0 Å². The molecule has 0 spiro atoms. The molecule has 0 aliphatic heterocycles. The van der Waals surface area contributed by atoms with Crippen LogP contribution in [0.25, 0.3) is 0 Å². The molecule has 140 valence electrons. The molecule has 26 heavy (non-hydrogen) atoms. The first kappa shape index (κ1) is 20.2. The van der Waals surface area contributed by atoms with Crippen molar-refractivity contribution in [3.05, 3.63) is 59.1 Å². The Hall–Kier alpha value is -2.09. The van der Waals surface area contributed by atoms with Crippen LogP contribution in [0, 0.1) is 0 Å². The first-order valence-electron chi connectivity index (χ1n) is 7.96. The summed E-state index contributed by atoms with van der Waals surface area (Å²) in [5.74, 6) is -0.700. The summed E-state index contributed by atoms with van der Waals surface area (Å²) >= 11 is 6.04. The standard InChI is InChI=1S/C18H20ClNO5S/c1-3-24-11-12-25-18(21)16-13-15(9-10-17(16)19)26(22,23)20(2)14-7-5-4-6-8-14/h4-10,13H,3,11-12H2,1-2H3. The van der Waals surface area contributed by atoms with Crippen molar-refractivity contribution in [2.45, 2.75) is 11.8 Å². The minimum Gasteiger partial charge on any atom is -0.460 e. The van der Waals surface area contributed by atoms with Gasteiger partial charge in [0.05, 0.1) is 27.8 Å². The van der Waals surface area contributed by atoms with E-state index in [1.807, 2.05) is 6.92 Å². The van der Waals surface area contributed by atoms with Gasteiger partial charge in [0.1, 0.15) is 6.61 Å². The third kappa shape index (κ3) is 4.75. The fraction of sp³-hybridized carbons (Fsp3) is 0.278. The maximum Gasteiger partial charge on any atom is 0.339 e. The molecule has 0 heterocycles. The van der Waals surface area contributed by atoms with Crippen LogP contribution in [0.1, 0.15) is 17.3 Å². The van der Waals surface area contributed by atoms with E-state index >= 15 is 0 Å². The van der Waals surface area contributed by atoms with Crippen LogP contribution in [0.5, 0.6) is 0 Å². The molecular weight excluding hydrogens is 378 g/mol. The number of hydrogen-bond donors (Lipinski definition) is 0. The van der Waals surface area contributed by atoms with E-state index in [2.05, 4.69) is 0 Å². The molecule has 0 radical (unpaired) electrons. The van der Waals surface area contributed by atoms with E-state index in [4.69, 9.17) is 21.1 Å².